The third kappa shape index (κ3) is 3.44. The fourth-order valence-electron chi connectivity index (χ4n) is 3.96. The van der Waals surface area contributed by atoms with E-state index in [1.165, 1.54) is 0 Å². The van der Waals surface area contributed by atoms with E-state index in [1.54, 1.807) is 33.1 Å². The lowest BCUT2D eigenvalue weighted by Gasteiger charge is -2.28. The molecule has 2 heterocycles. The minimum absolute atomic E-state index is 0.0644. The number of benzene rings is 1. The first-order valence-electron chi connectivity index (χ1n) is 8.49. The van der Waals surface area contributed by atoms with Crippen LogP contribution in [0.4, 0.5) is 0 Å². The molecule has 2 aliphatic rings. The Labute approximate surface area is 150 Å². The molecule has 25 heavy (non-hydrogen) atoms. The van der Waals surface area contributed by atoms with Gasteiger partial charge in [0.25, 0.3) is 0 Å². The van der Waals surface area contributed by atoms with Crippen molar-refractivity contribution in [2.24, 2.45) is 0 Å². The van der Waals surface area contributed by atoms with Gasteiger partial charge >= 0.3 is 0 Å². The van der Waals surface area contributed by atoms with Crippen LogP contribution in [0.5, 0.6) is 5.75 Å². The van der Waals surface area contributed by atoms with Gasteiger partial charge in [-0.1, -0.05) is 0 Å². The number of sulfone groups is 2. The van der Waals surface area contributed by atoms with Crippen molar-refractivity contribution in [1.82, 2.24) is 4.90 Å². The second kappa shape index (κ2) is 6.55. The van der Waals surface area contributed by atoms with E-state index in [0.717, 1.165) is 31.5 Å². The summed E-state index contributed by atoms with van der Waals surface area (Å²) in [6.07, 6.45) is 1.98. The van der Waals surface area contributed by atoms with Crippen LogP contribution >= 0.6 is 0 Å². The van der Waals surface area contributed by atoms with Gasteiger partial charge in [0.2, 0.25) is 0 Å². The third-order valence-electron chi connectivity index (χ3n) is 5.28. The minimum Gasteiger partial charge on any atom is -0.496 e. The maximum absolute atomic E-state index is 13.3. The molecule has 6 nitrogen and oxygen atoms in total. The van der Waals surface area contributed by atoms with Crippen molar-refractivity contribution < 1.29 is 21.6 Å². The minimum atomic E-state index is -3.75. The number of ether oxygens (including phenoxy) is 1. The summed E-state index contributed by atoms with van der Waals surface area (Å²) in [6.45, 7) is 5.06. The first-order valence-corrected chi connectivity index (χ1v) is 11.9. The highest BCUT2D eigenvalue weighted by Gasteiger charge is 2.48. The van der Waals surface area contributed by atoms with Gasteiger partial charge in [0.05, 0.1) is 28.8 Å². The standard InChI is InChI=1S/C17H25NO5S2/c1-12-9-16(13(2)8-15(12)23-3)25(21,22)17-11-24(19,20)10-14(17)18-6-4-5-7-18/h8-9,14,17H,4-7,10-11H2,1-3H3/t14-,17+/m0/s1. The van der Waals surface area contributed by atoms with E-state index in [1.807, 2.05) is 4.90 Å². The first kappa shape index (κ1) is 18.7. The Morgan fingerprint density at radius 2 is 1.72 bits per heavy atom. The number of likely N-dealkylation sites (tertiary alicyclic amines) is 1. The maximum Gasteiger partial charge on any atom is 0.184 e. The molecule has 3 rings (SSSR count). The van der Waals surface area contributed by atoms with E-state index in [2.05, 4.69) is 0 Å². The van der Waals surface area contributed by atoms with E-state index in [-0.39, 0.29) is 16.4 Å². The van der Waals surface area contributed by atoms with Gasteiger partial charge in [-0.25, -0.2) is 16.8 Å². The molecule has 140 valence electrons. The molecule has 1 aromatic carbocycles. The summed E-state index contributed by atoms with van der Waals surface area (Å²) < 4.78 is 56.4. The van der Waals surface area contributed by atoms with E-state index in [0.29, 0.717) is 11.3 Å². The molecule has 0 spiro atoms. The fourth-order valence-corrected chi connectivity index (χ4v) is 9.10. The summed E-state index contributed by atoms with van der Waals surface area (Å²) >= 11 is 0. The highest BCUT2D eigenvalue weighted by molar-refractivity contribution is 7.96. The monoisotopic (exact) mass is 387 g/mol. The molecule has 0 radical (unpaired) electrons. The Morgan fingerprint density at radius 3 is 2.32 bits per heavy atom. The van der Waals surface area contributed by atoms with Crippen molar-refractivity contribution in [2.45, 2.75) is 42.9 Å². The van der Waals surface area contributed by atoms with E-state index in [4.69, 9.17) is 4.74 Å². The SMILES string of the molecule is COc1cc(C)c(S(=O)(=O)[C@@H]2CS(=O)(=O)C[C@@H]2N2CCCC2)cc1C. The lowest BCUT2D eigenvalue weighted by atomic mass is 10.1. The number of hydrogen-bond acceptors (Lipinski definition) is 6. The molecule has 0 aromatic heterocycles. The molecule has 2 atom stereocenters. The van der Waals surface area contributed by atoms with Gasteiger partial charge < -0.3 is 4.74 Å². The fraction of sp³-hybridized carbons (Fsp3) is 0.647. The van der Waals surface area contributed by atoms with Gasteiger partial charge in [0, 0.05) is 6.04 Å². The van der Waals surface area contributed by atoms with Crippen molar-refractivity contribution in [3.63, 3.8) is 0 Å². The Balaban J connectivity index is 2.04. The van der Waals surface area contributed by atoms with E-state index >= 15 is 0 Å². The van der Waals surface area contributed by atoms with Crippen molar-refractivity contribution in [3.05, 3.63) is 23.3 Å². The van der Waals surface area contributed by atoms with Gasteiger partial charge in [-0.05, 0) is 63.0 Å². The summed E-state index contributed by atoms with van der Waals surface area (Å²) in [5.41, 5.74) is 1.32. The van der Waals surface area contributed by atoms with E-state index < -0.39 is 31.0 Å². The number of nitrogens with zero attached hydrogens (tertiary/aromatic N) is 1. The number of hydrogen-bond donors (Lipinski definition) is 0. The lowest BCUT2D eigenvalue weighted by Crippen LogP contribution is -2.45. The first-order chi connectivity index (χ1) is 11.7. The highest BCUT2D eigenvalue weighted by Crippen LogP contribution is 2.34. The molecule has 0 saturated carbocycles. The van der Waals surface area contributed by atoms with Gasteiger partial charge in [-0.3, -0.25) is 4.90 Å². The van der Waals surface area contributed by atoms with Gasteiger partial charge in [-0.15, -0.1) is 0 Å². The summed E-state index contributed by atoms with van der Waals surface area (Å²) in [6, 6.07) is 2.87. The smallest absolute Gasteiger partial charge is 0.184 e. The normalized spacial score (nSPS) is 26.8. The lowest BCUT2D eigenvalue weighted by molar-refractivity contribution is 0.264. The average Bonchev–Trinajstić information content (AvgIpc) is 3.16. The van der Waals surface area contributed by atoms with Gasteiger partial charge in [-0.2, -0.15) is 0 Å². The summed E-state index contributed by atoms with van der Waals surface area (Å²) in [5.74, 6) is 0.276. The van der Waals surface area contributed by atoms with Crippen LogP contribution in [0.3, 0.4) is 0 Å². The van der Waals surface area contributed by atoms with Gasteiger partial charge in [0.1, 0.15) is 5.75 Å². The molecule has 2 saturated heterocycles. The second-order valence-corrected chi connectivity index (χ2v) is 11.3. The topological polar surface area (TPSA) is 80.8 Å². The average molecular weight is 388 g/mol. The molecule has 2 aliphatic heterocycles. The molecule has 0 aliphatic carbocycles. The maximum atomic E-state index is 13.3. The zero-order valence-corrected chi connectivity index (χ0v) is 16.5. The van der Waals surface area contributed by atoms with Crippen molar-refractivity contribution in [2.75, 3.05) is 31.7 Å². The Hall–Kier alpha value is -1.12. The van der Waals surface area contributed by atoms with Gasteiger partial charge in [0.15, 0.2) is 19.7 Å². The van der Waals surface area contributed by atoms with Crippen LogP contribution in [0, 0.1) is 13.8 Å². The van der Waals surface area contributed by atoms with Crippen molar-refractivity contribution in [3.8, 4) is 5.75 Å². The zero-order chi connectivity index (χ0) is 18.4. The molecular weight excluding hydrogens is 362 g/mol. The highest BCUT2D eigenvalue weighted by atomic mass is 32.2. The molecule has 0 unspecified atom stereocenters. The van der Waals surface area contributed by atoms with Crippen molar-refractivity contribution in [1.29, 1.82) is 0 Å². The summed E-state index contributed by atoms with van der Waals surface area (Å²) in [7, 11) is -5.56. The number of rotatable bonds is 4. The molecule has 0 N–H and O–H groups in total. The molecule has 8 heteroatoms. The summed E-state index contributed by atoms with van der Waals surface area (Å²) in [4.78, 5) is 2.26. The summed E-state index contributed by atoms with van der Waals surface area (Å²) in [5, 5.41) is -0.901. The quantitative estimate of drug-likeness (QED) is 0.776. The third-order valence-corrected chi connectivity index (χ3v) is 9.54. The van der Waals surface area contributed by atoms with Crippen LogP contribution in [0.15, 0.2) is 17.0 Å². The number of methoxy groups -OCH3 is 1. The zero-order valence-electron chi connectivity index (χ0n) is 14.9. The van der Waals surface area contributed by atoms with Crippen molar-refractivity contribution >= 4 is 19.7 Å². The van der Waals surface area contributed by atoms with E-state index in [9.17, 15) is 16.8 Å². The molecule has 1 aromatic rings. The predicted molar refractivity (Wildman–Crippen MR) is 96.7 cm³/mol. The Bertz CT molecular complexity index is 871. The predicted octanol–water partition coefficient (Wildman–Crippen LogP) is 1.35. The second-order valence-electron chi connectivity index (χ2n) is 7.06. The molecular formula is C17H25NO5S2. The molecule has 0 amide bonds. The van der Waals surface area contributed by atoms with Crippen LogP contribution in [0.1, 0.15) is 24.0 Å². The number of aryl methyl sites for hydroxylation is 2. The van der Waals surface area contributed by atoms with Crippen LogP contribution in [-0.2, 0) is 19.7 Å². The molecule has 0 bridgehead atoms. The largest absolute Gasteiger partial charge is 0.496 e. The van der Waals surface area contributed by atoms with Crippen LogP contribution in [0.25, 0.3) is 0 Å². The molecule has 2 fully saturated rings. The van der Waals surface area contributed by atoms with Crippen LogP contribution in [0.2, 0.25) is 0 Å². The van der Waals surface area contributed by atoms with Crippen LogP contribution < -0.4 is 4.74 Å². The van der Waals surface area contributed by atoms with Crippen LogP contribution in [-0.4, -0.2) is 64.7 Å². The Kier molecular flexibility index (Phi) is 4.89. The Morgan fingerprint density at radius 1 is 1.08 bits per heavy atom.